The van der Waals surface area contributed by atoms with Crippen LogP contribution in [0.25, 0.3) is 0 Å². The lowest BCUT2D eigenvalue weighted by Gasteiger charge is -2.34. The van der Waals surface area contributed by atoms with Gasteiger partial charge in [-0.3, -0.25) is 4.79 Å². The van der Waals surface area contributed by atoms with Crippen LogP contribution in [0.5, 0.6) is 0 Å². The third-order valence-corrected chi connectivity index (χ3v) is 3.95. The van der Waals surface area contributed by atoms with Gasteiger partial charge in [-0.05, 0) is 19.3 Å². The molecule has 1 fully saturated rings. The van der Waals surface area contributed by atoms with Crippen LogP contribution in [0.15, 0.2) is 12.4 Å². The van der Waals surface area contributed by atoms with Crippen LogP contribution >= 0.6 is 0 Å². The van der Waals surface area contributed by atoms with Gasteiger partial charge in [0, 0.05) is 38.3 Å². The summed E-state index contributed by atoms with van der Waals surface area (Å²) in [6, 6.07) is 0.414. The van der Waals surface area contributed by atoms with E-state index < -0.39 is 0 Å². The minimum absolute atomic E-state index is 0.324. The molecule has 0 aromatic carbocycles. The first-order chi connectivity index (χ1) is 9.26. The molecule has 106 valence electrons. The van der Waals surface area contributed by atoms with Gasteiger partial charge in [0.2, 0.25) is 5.91 Å². The van der Waals surface area contributed by atoms with Gasteiger partial charge >= 0.3 is 0 Å². The maximum Gasteiger partial charge on any atom is 0.222 e. The summed E-state index contributed by atoms with van der Waals surface area (Å²) in [6.07, 6.45) is 9.93. The van der Waals surface area contributed by atoms with Gasteiger partial charge in [-0.2, -0.15) is 0 Å². The van der Waals surface area contributed by atoms with Crippen LogP contribution < -0.4 is 0 Å². The summed E-state index contributed by atoms with van der Waals surface area (Å²) in [7, 11) is 0. The van der Waals surface area contributed by atoms with Crippen molar-refractivity contribution < 1.29 is 4.79 Å². The molecule has 1 aliphatic heterocycles. The SMILES string of the molecule is CCCCC(=O)N1CCC[C@H](n2ccnc2CC)C1. The first-order valence-electron chi connectivity index (χ1n) is 7.55. The maximum absolute atomic E-state index is 12.1. The molecule has 1 aliphatic rings. The number of imidazole rings is 1. The molecule has 19 heavy (non-hydrogen) atoms. The molecule has 2 rings (SSSR count). The lowest BCUT2D eigenvalue weighted by Crippen LogP contribution is -2.40. The molecular weight excluding hydrogens is 238 g/mol. The third-order valence-electron chi connectivity index (χ3n) is 3.95. The van der Waals surface area contributed by atoms with Crippen molar-refractivity contribution in [3.8, 4) is 0 Å². The lowest BCUT2D eigenvalue weighted by molar-refractivity contribution is -0.133. The van der Waals surface area contributed by atoms with E-state index in [-0.39, 0.29) is 0 Å². The molecule has 1 saturated heterocycles. The molecule has 4 nitrogen and oxygen atoms in total. The summed E-state index contributed by atoms with van der Waals surface area (Å²) in [5.41, 5.74) is 0. The third kappa shape index (κ3) is 3.37. The molecular formula is C15H25N3O. The van der Waals surface area contributed by atoms with E-state index in [4.69, 9.17) is 0 Å². The normalized spacial score (nSPS) is 19.7. The predicted octanol–water partition coefficient (Wildman–Crippen LogP) is 2.80. The van der Waals surface area contributed by atoms with Crippen molar-refractivity contribution in [2.45, 2.75) is 58.4 Å². The van der Waals surface area contributed by atoms with E-state index in [0.29, 0.717) is 18.4 Å². The Morgan fingerprint density at radius 1 is 1.47 bits per heavy atom. The number of hydrogen-bond donors (Lipinski definition) is 0. The largest absolute Gasteiger partial charge is 0.341 e. The van der Waals surface area contributed by atoms with Gasteiger partial charge in [-0.25, -0.2) is 4.98 Å². The van der Waals surface area contributed by atoms with E-state index in [1.165, 1.54) is 0 Å². The minimum atomic E-state index is 0.324. The van der Waals surface area contributed by atoms with Gasteiger partial charge in [-0.15, -0.1) is 0 Å². The molecule has 1 aromatic heterocycles. The van der Waals surface area contributed by atoms with Crippen LogP contribution in [0.4, 0.5) is 0 Å². The number of likely N-dealkylation sites (tertiary alicyclic amines) is 1. The number of carbonyl (C=O) groups excluding carboxylic acids is 1. The second-order valence-corrected chi connectivity index (χ2v) is 5.34. The molecule has 2 heterocycles. The van der Waals surface area contributed by atoms with E-state index in [2.05, 4.69) is 29.6 Å². The van der Waals surface area contributed by atoms with Crippen LogP contribution in [-0.2, 0) is 11.2 Å². The van der Waals surface area contributed by atoms with Gasteiger partial charge in [0.15, 0.2) is 0 Å². The number of hydrogen-bond acceptors (Lipinski definition) is 2. The van der Waals surface area contributed by atoms with Crippen molar-refractivity contribution >= 4 is 5.91 Å². The highest BCUT2D eigenvalue weighted by Gasteiger charge is 2.25. The summed E-state index contributed by atoms with van der Waals surface area (Å²) in [5.74, 6) is 1.46. The van der Waals surface area contributed by atoms with Gasteiger partial charge < -0.3 is 9.47 Å². The Hall–Kier alpha value is -1.32. The van der Waals surface area contributed by atoms with Gasteiger partial charge in [0.25, 0.3) is 0 Å². The van der Waals surface area contributed by atoms with Crippen molar-refractivity contribution in [3.63, 3.8) is 0 Å². The fraction of sp³-hybridized carbons (Fsp3) is 0.733. The highest BCUT2D eigenvalue weighted by molar-refractivity contribution is 5.76. The molecule has 4 heteroatoms. The fourth-order valence-corrected chi connectivity index (χ4v) is 2.84. The molecule has 1 aromatic rings. The molecule has 0 radical (unpaired) electrons. The fourth-order valence-electron chi connectivity index (χ4n) is 2.84. The average molecular weight is 263 g/mol. The number of aryl methyl sites for hydroxylation is 1. The van der Waals surface area contributed by atoms with Crippen LogP contribution in [0.3, 0.4) is 0 Å². The van der Waals surface area contributed by atoms with Crippen molar-refractivity contribution in [2.24, 2.45) is 0 Å². The predicted molar refractivity (Wildman–Crippen MR) is 76.0 cm³/mol. The van der Waals surface area contributed by atoms with Crippen molar-refractivity contribution in [1.82, 2.24) is 14.5 Å². The number of aromatic nitrogens is 2. The first-order valence-corrected chi connectivity index (χ1v) is 7.55. The summed E-state index contributed by atoms with van der Waals surface area (Å²) in [6.45, 7) is 6.04. The molecule has 0 aliphatic carbocycles. The second-order valence-electron chi connectivity index (χ2n) is 5.34. The Kier molecular flexibility index (Phi) is 5.00. The number of carbonyl (C=O) groups is 1. The molecule has 1 amide bonds. The number of unbranched alkanes of at least 4 members (excludes halogenated alkanes) is 1. The highest BCUT2D eigenvalue weighted by atomic mass is 16.2. The monoisotopic (exact) mass is 263 g/mol. The molecule has 0 bridgehead atoms. The number of amides is 1. The maximum atomic E-state index is 12.1. The Labute approximate surface area is 115 Å². The Bertz CT molecular complexity index is 413. The van der Waals surface area contributed by atoms with E-state index in [1.807, 2.05) is 11.1 Å². The van der Waals surface area contributed by atoms with E-state index in [0.717, 1.165) is 51.0 Å². The Balaban J connectivity index is 1.99. The van der Waals surface area contributed by atoms with Crippen LogP contribution in [0.1, 0.15) is 57.8 Å². The van der Waals surface area contributed by atoms with Gasteiger partial charge in [0.1, 0.15) is 5.82 Å². The smallest absolute Gasteiger partial charge is 0.222 e. The van der Waals surface area contributed by atoms with E-state index >= 15 is 0 Å². The Morgan fingerprint density at radius 2 is 2.32 bits per heavy atom. The quantitative estimate of drug-likeness (QED) is 0.819. The van der Waals surface area contributed by atoms with Gasteiger partial charge in [0.05, 0.1) is 6.04 Å². The zero-order valence-corrected chi connectivity index (χ0v) is 12.1. The molecule has 0 saturated carbocycles. The molecule has 0 N–H and O–H groups in total. The topological polar surface area (TPSA) is 38.1 Å². The average Bonchev–Trinajstić information content (AvgIpc) is 2.93. The summed E-state index contributed by atoms with van der Waals surface area (Å²) < 4.78 is 2.26. The van der Waals surface area contributed by atoms with Crippen molar-refractivity contribution in [3.05, 3.63) is 18.2 Å². The first kappa shape index (κ1) is 14.1. The van der Waals surface area contributed by atoms with Crippen LogP contribution in [-0.4, -0.2) is 33.4 Å². The summed E-state index contributed by atoms with van der Waals surface area (Å²) in [5, 5.41) is 0. The van der Waals surface area contributed by atoms with Crippen molar-refractivity contribution in [1.29, 1.82) is 0 Å². The molecule has 0 unspecified atom stereocenters. The van der Waals surface area contributed by atoms with E-state index in [1.54, 1.807) is 0 Å². The summed E-state index contributed by atoms with van der Waals surface area (Å²) in [4.78, 5) is 18.6. The standard InChI is InChI=1S/C15H25N3O/c1-3-5-8-15(19)17-10-6-7-13(12-17)18-11-9-16-14(18)4-2/h9,11,13H,3-8,10,12H2,1-2H3/t13-/m0/s1. The Morgan fingerprint density at radius 3 is 3.05 bits per heavy atom. The lowest BCUT2D eigenvalue weighted by atomic mass is 10.0. The number of nitrogens with zero attached hydrogens (tertiary/aromatic N) is 3. The molecule has 1 atom stereocenters. The van der Waals surface area contributed by atoms with Crippen molar-refractivity contribution in [2.75, 3.05) is 13.1 Å². The van der Waals surface area contributed by atoms with Crippen LogP contribution in [0, 0.1) is 0 Å². The minimum Gasteiger partial charge on any atom is -0.341 e. The number of piperidine rings is 1. The van der Waals surface area contributed by atoms with Crippen LogP contribution in [0.2, 0.25) is 0 Å². The second kappa shape index (κ2) is 6.73. The highest BCUT2D eigenvalue weighted by Crippen LogP contribution is 2.23. The number of rotatable bonds is 5. The van der Waals surface area contributed by atoms with E-state index in [9.17, 15) is 4.79 Å². The zero-order valence-electron chi connectivity index (χ0n) is 12.1. The van der Waals surface area contributed by atoms with Gasteiger partial charge in [-0.1, -0.05) is 20.3 Å². The molecule has 0 spiro atoms. The zero-order chi connectivity index (χ0) is 13.7. The summed E-state index contributed by atoms with van der Waals surface area (Å²) >= 11 is 0.